The van der Waals surface area contributed by atoms with E-state index in [1.807, 2.05) is 0 Å². The Bertz CT molecular complexity index is 261. The number of methoxy groups -OCH3 is 1. The summed E-state index contributed by atoms with van der Waals surface area (Å²) in [6.07, 6.45) is 6.20. The molecule has 0 saturated heterocycles. The van der Waals surface area contributed by atoms with Gasteiger partial charge in [-0.1, -0.05) is 25.7 Å². The quantitative estimate of drug-likeness (QED) is 0.704. The molecule has 0 heterocycles. The molecule has 0 aromatic rings. The molecule has 0 aliphatic heterocycles. The Morgan fingerprint density at radius 3 is 2.59 bits per heavy atom. The molecule has 5 nitrogen and oxygen atoms in total. The zero-order valence-corrected chi connectivity index (χ0v) is 10.3. The molecule has 1 aliphatic rings. The second-order valence-electron chi connectivity index (χ2n) is 4.60. The van der Waals surface area contributed by atoms with Gasteiger partial charge in [0.25, 0.3) is 0 Å². The summed E-state index contributed by atoms with van der Waals surface area (Å²) in [5.74, 6) is -0.603. The maximum Gasteiger partial charge on any atom is 0.328 e. The highest BCUT2D eigenvalue weighted by molar-refractivity contribution is 5.83. The molecular formula is C12H21NO4. The molecule has 98 valence electrons. The van der Waals surface area contributed by atoms with Crippen LogP contribution in [0.15, 0.2) is 0 Å². The van der Waals surface area contributed by atoms with E-state index in [1.54, 1.807) is 0 Å². The van der Waals surface area contributed by atoms with Crippen LogP contribution in [0.3, 0.4) is 0 Å². The molecule has 1 unspecified atom stereocenters. The van der Waals surface area contributed by atoms with E-state index in [4.69, 9.17) is 9.84 Å². The van der Waals surface area contributed by atoms with Gasteiger partial charge in [0.2, 0.25) is 5.91 Å². The molecule has 5 heteroatoms. The van der Waals surface area contributed by atoms with Gasteiger partial charge in [-0.3, -0.25) is 4.79 Å². The first-order valence-corrected chi connectivity index (χ1v) is 6.14. The normalized spacial score (nSPS) is 17.9. The Labute approximate surface area is 102 Å². The number of nitrogens with one attached hydrogen (secondary N) is 1. The standard InChI is InChI=1S/C12H21NO4/c1-17-8-10(12(15)16)13-11(14)7-6-9-4-2-3-5-9/h9-10H,2-8H2,1H3,(H,13,14)(H,15,16). The van der Waals surface area contributed by atoms with Crippen molar-refractivity contribution >= 4 is 11.9 Å². The minimum absolute atomic E-state index is 0.00447. The van der Waals surface area contributed by atoms with Crippen molar-refractivity contribution < 1.29 is 19.4 Å². The van der Waals surface area contributed by atoms with Crippen LogP contribution in [0.5, 0.6) is 0 Å². The average molecular weight is 243 g/mol. The highest BCUT2D eigenvalue weighted by Crippen LogP contribution is 2.28. The van der Waals surface area contributed by atoms with Crippen LogP contribution in [0.1, 0.15) is 38.5 Å². The van der Waals surface area contributed by atoms with Gasteiger partial charge in [0.05, 0.1) is 6.61 Å². The predicted molar refractivity (Wildman–Crippen MR) is 62.6 cm³/mol. The fourth-order valence-corrected chi connectivity index (χ4v) is 2.24. The van der Waals surface area contributed by atoms with E-state index < -0.39 is 12.0 Å². The van der Waals surface area contributed by atoms with Crippen LogP contribution in [-0.4, -0.2) is 36.7 Å². The molecule has 0 spiro atoms. The molecule has 1 saturated carbocycles. The smallest absolute Gasteiger partial charge is 0.328 e. The van der Waals surface area contributed by atoms with Gasteiger partial charge in [-0.15, -0.1) is 0 Å². The summed E-state index contributed by atoms with van der Waals surface area (Å²) >= 11 is 0. The van der Waals surface area contributed by atoms with Gasteiger partial charge < -0.3 is 15.2 Å². The zero-order valence-electron chi connectivity index (χ0n) is 10.3. The summed E-state index contributed by atoms with van der Waals surface area (Å²) in [7, 11) is 1.42. The number of amides is 1. The number of carboxylic acid groups (broad SMARTS) is 1. The number of carbonyl (C=O) groups excluding carboxylic acids is 1. The molecule has 0 aromatic heterocycles. The van der Waals surface area contributed by atoms with Gasteiger partial charge in [0.1, 0.15) is 0 Å². The number of ether oxygens (including phenoxy) is 1. The van der Waals surface area contributed by atoms with Crippen LogP contribution < -0.4 is 5.32 Å². The number of carboxylic acids is 1. The lowest BCUT2D eigenvalue weighted by Gasteiger charge is -2.14. The van der Waals surface area contributed by atoms with Gasteiger partial charge in [-0.25, -0.2) is 4.79 Å². The van der Waals surface area contributed by atoms with E-state index in [9.17, 15) is 9.59 Å². The van der Waals surface area contributed by atoms with Gasteiger partial charge in [-0.05, 0) is 12.3 Å². The van der Waals surface area contributed by atoms with Crippen molar-refractivity contribution in [2.24, 2.45) is 5.92 Å². The van der Waals surface area contributed by atoms with Crippen molar-refractivity contribution in [3.8, 4) is 0 Å². The topological polar surface area (TPSA) is 75.6 Å². The fraction of sp³-hybridized carbons (Fsp3) is 0.833. The number of hydrogen-bond acceptors (Lipinski definition) is 3. The molecular weight excluding hydrogens is 222 g/mol. The van der Waals surface area contributed by atoms with E-state index in [0.29, 0.717) is 12.3 Å². The molecule has 17 heavy (non-hydrogen) atoms. The maximum absolute atomic E-state index is 11.6. The van der Waals surface area contributed by atoms with Gasteiger partial charge in [0, 0.05) is 13.5 Å². The minimum Gasteiger partial charge on any atom is -0.480 e. The molecule has 0 bridgehead atoms. The first-order valence-electron chi connectivity index (χ1n) is 6.14. The third kappa shape index (κ3) is 5.17. The van der Waals surface area contributed by atoms with E-state index >= 15 is 0 Å². The summed E-state index contributed by atoms with van der Waals surface area (Å²) in [6, 6.07) is -0.934. The molecule has 1 amide bonds. The van der Waals surface area contributed by atoms with E-state index in [2.05, 4.69) is 5.32 Å². The summed E-state index contributed by atoms with van der Waals surface area (Å²) in [5.41, 5.74) is 0. The number of carbonyl (C=O) groups is 2. The maximum atomic E-state index is 11.6. The number of rotatable bonds is 7. The Balaban J connectivity index is 2.23. The average Bonchev–Trinajstić information content (AvgIpc) is 2.78. The number of aliphatic carboxylic acids is 1. The first-order chi connectivity index (χ1) is 8.13. The highest BCUT2D eigenvalue weighted by atomic mass is 16.5. The van der Waals surface area contributed by atoms with E-state index in [-0.39, 0.29) is 12.5 Å². The number of hydrogen-bond donors (Lipinski definition) is 2. The van der Waals surface area contributed by atoms with Gasteiger partial charge in [0.15, 0.2) is 6.04 Å². The summed E-state index contributed by atoms with van der Waals surface area (Å²) in [5, 5.41) is 11.3. The van der Waals surface area contributed by atoms with Crippen LogP contribution in [0.25, 0.3) is 0 Å². The Kier molecular flexibility index (Phi) is 5.97. The highest BCUT2D eigenvalue weighted by Gasteiger charge is 2.21. The molecule has 1 rings (SSSR count). The van der Waals surface area contributed by atoms with Crippen molar-refractivity contribution in [2.75, 3.05) is 13.7 Å². The Morgan fingerprint density at radius 2 is 2.06 bits per heavy atom. The molecule has 2 N–H and O–H groups in total. The van der Waals surface area contributed by atoms with Crippen LogP contribution in [0.4, 0.5) is 0 Å². The summed E-state index contributed by atoms with van der Waals surface area (Å²) < 4.78 is 4.75. The van der Waals surface area contributed by atoms with E-state index in [0.717, 1.165) is 6.42 Å². The Hall–Kier alpha value is -1.10. The lowest BCUT2D eigenvalue weighted by Crippen LogP contribution is -2.43. The zero-order chi connectivity index (χ0) is 12.7. The second kappa shape index (κ2) is 7.27. The van der Waals surface area contributed by atoms with Crippen LogP contribution in [-0.2, 0) is 14.3 Å². The van der Waals surface area contributed by atoms with Crippen molar-refractivity contribution in [3.63, 3.8) is 0 Å². The van der Waals surface area contributed by atoms with Crippen molar-refractivity contribution in [1.29, 1.82) is 0 Å². The largest absolute Gasteiger partial charge is 0.480 e. The van der Waals surface area contributed by atoms with Gasteiger partial charge >= 0.3 is 5.97 Å². The van der Waals surface area contributed by atoms with E-state index in [1.165, 1.54) is 32.8 Å². The molecule has 1 atom stereocenters. The predicted octanol–water partition coefficient (Wildman–Crippen LogP) is 1.17. The van der Waals surface area contributed by atoms with Crippen molar-refractivity contribution in [3.05, 3.63) is 0 Å². The van der Waals surface area contributed by atoms with Crippen molar-refractivity contribution in [1.82, 2.24) is 5.32 Å². The minimum atomic E-state index is -1.05. The van der Waals surface area contributed by atoms with Crippen LogP contribution in [0, 0.1) is 5.92 Å². The summed E-state index contributed by atoms with van der Waals surface area (Å²) in [4.78, 5) is 22.4. The third-order valence-corrected chi connectivity index (χ3v) is 3.22. The summed E-state index contributed by atoms with van der Waals surface area (Å²) in [6.45, 7) is 0.00447. The van der Waals surface area contributed by atoms with Crippen molar-refractivity contribution in [2.45, 2.75) is 44.6 Å². The van der Waals surface area contributed by atoms with Crippen LogP contribution >= 0.6 is 0 Å². The lowest BCUT2D eigenvalue weighted by molar-refractivity contribution is -0.143. The van der Waals surface area contributed by atoms with Crippen LogP contribution in [0.2, 0.25) is 0 Å². The monoisotopic (exact) mass is 243 g/mol. The molecule has 0 radical (unpaired) electrons. The fourth-order valence-electron chi connectivity index (χ4n) is 2.24. The second-order valence-corrected chi connectivity index (χ2v) is 4.60. The third-order valence-electron chi connectivity index (χ3n) is 3.22. The SMILES string of the molecule is COCC(NC(=O)CCC1CCCC1)C(=O)O. The van der Waals surface area contributed by atoms with Gasteiger partial charge in [-0.2, -0.15) is 0 Å². The Morgan fingerprint density at radius 1 is 1.41 bits per heavy atom. The first kappa shape index (κ1) is 14.0. The molecule has 1 aliphatic carbocycles. The molecule has 0 aromatic carbocycles. The molecule has 1 fully saturated rings. The lowest BCUT2D eigenvalue weighted by atomic mass is 10.0.